The standard InChI is InChI=1S/C24H21N3O4/c1-29-19-12-13-22(30-2)20(14-19)23-15-21(27-31-23)24(28)26-18-10-8-17(9-11-18)25-16-6-4-3-5-7-16/h3-15,25H,1-2H3,(H,26,28). The Labute approximate surface area is 179 Å². The number of rotatable bonds is 7. The fraction of sp³-hybridized carbons (Fsp3) is 0.0833. The predicted molar refractivity (Wildman–Crippen MR) is 119 cm³/mol. The maximum absolute atomic E-state index is 12.6. The van der Waals surface area contributed by atoms with Gasteiger partial charge in [-0.25, -0.2) is 0 Å². The van der Waals surface area contributed by atoms with E-state index in [9.17, 15) is 4.79 Å². The van der Waals surface area contributed by atoms with Gasteiger partial charge in [0, 0.05) is 23.1 Å². The van der Waals surface area contributed by atoms with Crippen LogP contribution in [-0.4, -0.2) is 25.3 Å². The molecule has 0 aliphatic rings. The van der Waals surface area contributed by atoms with Gasteiger partial charge in [0.05, 0.1) is 19.8 Å². The van der Waals surface area contributed by atoms with E-state index in [1.165, 1.54) is 0 Å². The van der Waals surface area contributed by atoms with Crippen molar-refractivity contribution in [2.24, 2.45) is 0 Å². The number of benzene rings is 3. The lowest BCUT2D eigenvalue weighted by atomic mass is 10.1. The first-order chi connectivity index (χ1) is 15.2. The second-order valence-electron chi connectivity index (χ2n) is 6.67. The van der Waals surface area contributed by atoms with Crippen LogP contribution in [0, 0.1) is 0 Å². The summed E-state index contributed by atoms with van der Waals surface area (Å²) in [6.07, 6.45) is 0. The zero-order valence-corrected chi connectivity index (χ0v) is 17.1. The molecule has 0 bridgehead atoms. The summed E-state index contributed by atoms with van der Waals surface area (Å²) in [6.45, 7) is 0. The molecule has 0 spiro atoms. The quantitative estimate of drug-likeness (QED) is 0.423. The number of aromatic nitrogens is 1. The normalized spacial score (nSPS) is 10.4. The van der Waals surface area contributed by atoms with Crippen molar-refractivity contribution in [1.82, 2.24) is 5.16 Å². The van der Waals surface area contributed by atoms with Gasteiger partial charge in [-0.15, -0.1) is 0 Å². The van der Waals surface area contributed by atoms with Crippen LogP contribution < -0.4 is 20.1 Å². The minimum atomic E-state index is -0.374. The molecular weight excluding hydrogens is 394 g/mol. The number of nitrogens with one attached hydrogen (secondary N) is 2. The molecule has 0 aliphatic carbocycles. The summed E-state index contributed by atoms with van der Waals surface area (Å²) >= 11 is 0. The third-order valence-electron chi connectivity index (χ3n) is 4.62. The molecule has 4 rings (SSSR count). The van der Waals surface area contributed by atoms with E-state index in [1.807, 2.05) is 54.6 Å². The number of hydrogen-bond acceptors (Lipinski definition) is 6. The molecule has 0 radical (unpaired) electrons. The molecule has 7 heteroatoms. The highest BCUT2D eigenvalue weighted by Gasteiger charge is 2.17. The van der Waals surface area contributed by atoms with Crippen molar-refractivity contribution in [2.45, 2.75) is 0 Å². The number of methoxy groups -OCH3 is 2. The minimum Gasteiger partial charge on any atom is -0.497 e. The van der Waals surface area contributed by atoms with E-state index in [2.05, 4.69) is 15.8 Å². The van der Waals surface area contributed by atoms with Crippen LogP contribution in [0.5, 0.6) is 11.5 Å². The number of carbonyl (C=O) groups excluding carboxylic acids is 1. The van der Waals surface area contributed by atoms with Crippen LogP contribution in [0.3, 0.4) is 0 Å². The smallest absolute Gasteiger partial charge is 0.277 e. The van der Waals surface area contributed by atoms with Crippen LogP contribution in [-0.2, 0) is 0 Å². The molecule has 1 amide bonds. The molecule has 3 aromatic carbocycles. The van der Waals surface area contributed by atoms with Crippen LogP contribution in [0.2, 0.25) is 0 Å². The summed E-state index contributed by atoms with van der Waals surface area (Å²) in [7, 11) is 3.14. The monoisotopic (exact) mass is 415 g/mol. The highest BCUT2D eigenvalue weighted by Crippen LogP contribution is 2.33. The van der Waals surface area contributed by atoms with Crippen molar-refractivity contribution in [3.05, 3.63) is 84.6 Å². The molecule has 0 unspecified atom stereocenters. The first kappa shape index (κ1) is 20.0. The highest BCUT2D eigenvalue weighted by atomic mass is 16.5. The number of para-hydroxylation sites is 1. The SMILES string of the molecule is COc1ccc(OC)c(-c2cc(C(=O)Nc3ccc(Nc4ccccc4)cc3)no2)c1. The molecule has 2 N–H and O–H groups in total. The van der Waals surface area contributed by atoms with Crippen molar-refractivity contribution in [2.75, 3.05) is 24.9 Å². The van der Waals surface area contributed by atoms with E-state index in [4.69, 9.17) is 14.0 Å². The van der Waals surface area contributed by atoms with E-state index in [-0.39, 0.29) is 11.6 Å². The highest BCUT2D eigenvalue weighted by molar-refractivity contribution is 6.03. The maximum Gasteiger partial charge on any atom is 0.277 e. The van der Waals surface area contributed by atoms with Crippen molar-refractivity contribution in [3.8, 4) is 22.8 Å². The summed E-state index contributed by atoms with van der Waals surface area (Å²) < 4.78 is 16.0. The molecule has 1 heterocycles. The first-order valence-electron chi connectivity index (χ1n) is 9.59. The van der Waals surface area contributed by atoms with E-state index in [1.54, 1.807) is 38.5 Å². The van der Waals surface area contributed by atoms with E-state index in [0.717, 1.165) is 11.4 Å². The third-order valence-corrected chi connectivity index (χ3v) is 4.62. The molecule has 156 valence electrons. The number of ether oxygens (including phenoxy) is 2. The molecular formula is C24H21N3O4. The van der Waals surface area contributed by atoms with Crippen LogP contribution in [0.15, 0.2) is 83.4 Å². The Bertz CT molecular complexity index is 1170. The Balaban J connectivity index is 1.46. The zero-order valence-electron chi connectivity index (χ0n) is 17.1. The van der Waals surface area contributed by atoms with Crippen molar-refractivity contribution >= 4 is 23.0 Å². The molecule has 0 saturated carbocycles. The van der Waals surface area contributed by atoms with Gasteiger partial charge in [-0.1, -0.05) is 23.4 Å². The van der Waals surface area contributed by atoms with Crippen molar-refractivity contribution in [1.29, 1.82) is 0 Å². The lowest BCUT2D eigenvalue weighted by Crippen LogP contribution is -2.12. The molecule has 0 aliphatic heterocycles. The van der Waals surface area contributed by atoms with Crippen LogP contribution in [0.1, 0.15) is 10.5 Å². The van der Waals surface area contributed by atoms with Gasteiger partial charge in [0.1, 0.15) is 11.5 Å². The van der Waals surface area contributed by atoms with E-state index >= 15 is 0 Å². The van der Waals surface area contributed by atoms with Gasteiger partial charge in [0.15, 0.2) is 11.5 Å². The maximum atomic E-state index is 12.6. The number of nitrogens with zero attached hydrogens (tertiary/aromatic N) is 1. The van der Waals surface area contributed by atoms with Gasteiger partial charge in [-0.2, -0.15) is 0 Å². The summed E-state index contributed by atoms with van der Waals surface area (Å²) in [5, 5.41) is 10.0. The van der Waals surface area contributed by atoms with Crippen LogP contribution in [0.25, 0.3) is 11.3 Å². The van der Waals surface area contributed by atoms with Gasteiger partial charge in [0.25, 0.3) is 5.91 Å². The number of anilines is 3. The second-order valence-corrected chi connectivity index (χ2v) is 6.67. The fourth-order valence-electron chi connectivity index (χ4n) is 3.04. The lowest BCUT2D eigenvalue weighted by molar-refractivity contribution is 0.101. The molecule has 0 fully saturated rings. The fourth-order valence-corrected chi connectivity index (χ4v) is 3.04. The van der Waals surface area contributed by atoms with Gasteiger partial charge >= 0.3 is 0 Å². The van der Waals surface area contributed by atoms with E-state index < -0.39 is 0 Å². The average molecular weight is 415 g/mol. The van der Waals surface area contributed by atoms with Gasteiger partial charge in [-0.3, -0.25) is 4.79 Å². The van der Waals surface area contributed by atoms with Gasteiger partial charge in [-0.05, 0) is 54.6 Å². The summed E-state index contributed by atoms with van der Waals surface area (Å²) in [4.78, 5) is 12.6. The molecule has 7 nitrogen and oxygen atoms in total. The first-order valence-corrected chi connectivity index (χ1v) is 9.59. The van der Waals surface area contributed by atoms with Gasteiger partial charge in [0.2, 0.25) is 0 Å². The molecule has 0 atom stereocenters. The Hall–Kier alpha value is -4.26. The summed E-state index contributed by atoms with van der Waals surface area (Å²) in [6, 6.07) is 24.1. The molecule has 1 aromatic heterocycles. The van der Waals surface area contributed by atoms with Crippen LogP contribution >= 0.6 is 0 Å². The summed E-state index contributed by atoms with van der Waals surface area (Å²) in [5.74, 6) is 1.26. The van der Waals surface area contributed by atoms with Crippen LogP contribution in [0.4, 0.5) is 17.1 Å². The minimum absolute atomic E-state index is 0.159. The third kappa shape index (κ3) is 4.67. The average Bonchev–Trinajstić information content (AvgIpc) is 3.31. The zero-order chi connectivity index (χ0) is 21.6. The van der Waals surface area contributed by atoms with Crippen molar-refractivity contribution < 1.29 is 18.8 Å². The Morgan fingerprint density at radius 1 is 0.839 bits per heavy atom. The predicted octanol–water partition coefficient (Wildman–Crippen LogP) is 5.35. The topological polar surface area (TPSA) is 85.6 Å². The number of amides is 1. The summed E-state index contributed by atoms with van der Waals surface area (Å²) in [5.41, 5.74) is 3.35. The largest absolute Gasteiger partial charge is 0.497 e. The molecule has 4 aromatic rings. The molecule has 0 saturated heterocycles. The van der Waals surface area contributed by atoms with E-state index in [0.29, 0.717) is 28.5 Å². The molecule has 31 heavy (non-hydrogen) atoms. The second kappa shape index (κ2) is 9.04. The lowest BCUT2D eigenvalue weighted by Gasteiger charge is -2.08. The van der Waals surface area contributed by atoms with Crippen molar-refractivity contribution in [3.63, 3.8) is 0 Å². The Morgan fingerprint density at radius 3 is 2.26 bits per heavy atom. The Morgan fingerprint density at radius 2 is 1.55 bits per heavy atom. The van der Waals surface area contributed by atoms with Gasteiger partial charge < -0.3 is 24.6 Å². The number of carbonyl (C=O) groups is 1. The Kier molecular flexibility index (Phi) is 5.84. The number of hydrogen-bond donors (Lipinski definition) is 2.